The van der Waals surface area contributed by atoms with E-state index in [0.717, 1.165) is 38.5 Å². The van der Waals surface area contributed by atoms with Crippen molar-refractivity contribution >= 4 is 13.7 Å². The first-order chi connectivity index (χ1) is 27.8. The number of amides is 1. The number of aliphatic hydroxyl groups is 2. The van der Waals surface area contributed by atoms with Crippen molar-refractivity contribution in [3.05, 3.63) is 12.2 Å². The summed E-state index contributed by atoms with van der Waals surface area (Å²) in [5.74, 6) is -0.441. The van der Waals surface area contributed by atoms with Gasteiger partial charge in [-0.2, -0.15) is 0 Å². The largest absolute Gasteiger partial charge is 0.472 e. The van der Waals surface area contributed by atoms with Crippen molar-refractivity contribution in [2.24, 2.45) is 5.73 Å². The number of nitrogens with two attached hydrogens (primary N) is 1. The zero-order valence-electron chi connectivity index (χ0n) is 37.5. The fourth-order valence-electron chi connectivity index (χ4n) is 7.47. The van der Waals surface area contributed by atoms with Crippen LogP contribution in [-0.2, 0) is 18.4 Å². The predicted octanol–water partition coefficient (Wildman–Crippen LogP) is 12.9. The monoisotopic (exact) mass is 831 g/mol. The van der Waals surface area contributed by atoms with E-state index < -0.39 is 38.6 Å². The van der Waals surface area contributed by atoms with Gasteiger partial charge in [-0.3, -0.25) is 13.8 Å². The third-order valence-electron chi connectivity index (χ3n) is 11.2. The predicted molar refractivity (Wildman–Crippen MR) is 241 cm³/mol. The maximum Gasteiger partial charge on any atom is 0.472 e. The maximum atomic E-state index is 12.8. The molecule has 0 heterocycles. The number of unbranched alkanes of at least 4 members (excludes halogenated alkanes) is 32. The molecule has 0 saturated heterocycles. The van der Waals surface area contributed by atoms with Gasteiger partial charge in [0.1, 0.15) is 0 Å². The minimum Gasteiger partial charge on any atom is -0.393 e. The van der Waals surface area contributed by atoms with Crippen LogP contribution in [0.4, 0.5) is 0 Å². The van der Waals surface area contributed by atoms with Crippen molar-refractivity contribution in [2.45, 2.75) is 263 Å². The molecule has 0 aliphatic heterocycles. The number of nitrogens with one attached hydrogen (secondary N) is 1. The molecule has 10 heteroatoms. The Morgan fingerprint density at radius 3 is 1.35 bits per heavy atom. The molecule has 1 amide bonds. The molecular formula is C47H95N2O7P. The molecule has 0 aromatic heterocycles. The van der Waals surface area contributed by atoms with Gasteiger partial charge < -0.3 is 26.2 Å². The zero-order chi connectivity index (χ0) is 41.9. The summed E-state index contributed by atoms with van der Waals surface area (Å²) in [7, 11) is -4.40. The van der Waals surface area contributed by atoms with Gasteiger partial charge in [0.2, 0.25) is 5.91 Å². The van der Waals surface area contributed by atoms with E-state index in [0.29, 0.717) is 6.42 Å². The molecule has 4 atom stereocenters. The molecule has 0 aromatic rings. The summed E-state index contributed by atoms with van der Waals surface area (Å²) in [4.78, 5) is 22.8. The lowest BCUT2D eigenvalue weighted by atomic mass is 10.0. The van der Waals surface area contributed by atoms with Crippen molar-refractivity contribution < 1.29 is 33.5 Å². The number of aliphatic hydroxyl groups excluding tert-OH is 2. The lowest BCUT2D eigenvalue weighted by molar-refractivity contribution is -0.124. The third-order valence-corrected chi connectivity index (χ3v) is 12.2. The molecule has 0 aromatic carbocycles. The molecule has 0 aliphatic rings. The molecule has 0 bridgehead atoms. The Kier molecular flexibility index (Phi) is 42.7. The van der Waals surface area contributed by atoms with E-state index in [4.69, 9.17) is 14.8 Å². The smallest absolute Gasteiger partial charge is 0.393 e. The Labute approximate surface area is 352 Å². The van der Waals surface area contributed by atoms with E-state index in [-0.39, 0.29) is 19.6 Å². The zero-order valence-corrected chi connectivity index (χ0v) is 38.4. The van der Waals surface area contributed by atoms with Gasteiger partial charge in [-0.25, -0.2) is 4.57 Å². The molecule has 0 aliphatic carbocycles. The molecule has 9 nitrogen and oxygen atoms in total. The SMILES string of the molecule is CCCCCCCCCCCCCCCC/C=C/C(O)C(COP(=O)(O)OCCN)NC(=O)CC(O)CCCCCCCCCCCCCCCCCCCCC. The van der Waals surface area contributed by atoms with Gasteiger partial charge in [0.15, 0.2) is 0 Å². The van der Waals surface area contributed by atoms with Crippen molar-refractivity contribution in [3.63, 3.8) is 0 Å². The van der Waals surface area contributed by atoms with Crippen LogP contribution in [0, 0.1) is 0 Å². The lowest BCUT2D eigenvalue weighted by Gasteiger charge is -2.24. The Balaban J connectivity index is 4.20. The van der Waals surface area contributed by atoms with Crippen LogP contribution >= 0.6 is 7.82 Å². The van der Waals surface area contributed by atoms with Crippen LogP contribution in [0.2, 0.25) is 0 Å². The van der Waals surface area contributed by atoms with Gasteiger partial charge in [-0.05, 0) is 19.3 Å². The number of phosphoric acid groups is 1. The van der Waals surface area contributed by atoms with Gasteiger partial charge in [-0.15, -0.1) is 0 Å². The van der Waals surface area contributed by atoms with E-state index in [1.54, 1.807) is 6.08 Å². The number of rotatable bonds is 46. The molecule has 0 fully saturated rings. The summed E-state index contributed by atoms with van der Waals surface area (Å²) in [5, 5.41) is 24.1. The standard InChI is InChI=1S/C47H95N2O7P/c1-3-5-7-9-11-13-15-17-19-21-22-23-24-26-28-30-32-34-36-38-44(50)42-47(52)49-45(43-56-57(53,54)55-41-40-48)46(51)39-37-35-33-31-29-27-25-20-18-16-14-12-10-8-6-4-2/h37,39,44-46,50-51H,3-36,38,40-43,48H2,1-2H3,(H,49,52)(H,53,54)/b39-37+. The average molecular weight is 831 g/mol. The first-order valence-corrected chi connectivity index (χ1v) is 25.9. The van der Waals surface area contributed by atoms with E-state index in [2.05, 4.69) is 19.2 Å². The van der Waals surface area contributed by atoms with E-state index >= 15 is 0 Å². The Bertz CT molecular complexity index is 924. The minimum atomic E-state index is -4.40. The van der Waals surface area contributed by atoms with E-state index in [9.17, 15) is 24.5 Å². The number of hydrogen-bond acceptors (Lipinski definition) is 7. The van der Waals surface area contributed by atoms with Crippen molar-refractivity contribution in [3.8, 4) is 0 Å². The number of allylic oxidation sites excluding steroid dienone is 1. The quantitative estimate of drug-likeness (QED) is 0.0231. The Morgan fingerprint density at radius 2 is 0.965 bits per heavy atom. The highest BCUT2D eigenvalue weighted by Crippen LogP contribution is 2.43. The second-order valence-electron chi connectivity index (χ2n) is 16.9. The van der Waals surface area contributed by atoms with Gasteiger partial charge in [0, 0.05) is 6.54 Å². The Hall–Kier alpha value is -0.800. The summed E-state index contributed by atoms with van der Waals surface area (Å²) in [6.07, 6.45) is 45.8. The highest BCUT2D eigenvalue weighted by atomic mass is 31.2. The van der Waals surface area contributed by atoms with E-state index in [1.807, 2.05) is 6.08 Å². The van der Waals surface area contributed by atoms with Crippen molar-refractivity contribution in [1.82, 2.24) is 5.32 Å². The summed E-state index contributed by atoms with van der Waals surface area (Å²) in [5.41, 5.74) is 5.37. The summed E-state index contributed by atoms with van der Waals surface area (Å²) < 4.78 is 22.1. The molecule has 6 N–H and O–H groups in total. The highest BCUT2D eigenvalue weighted by Gasteiger charge is 2.27. The number of hydrogen-bond donors (Lipinski definition) is 5. The molecule has 0 rings (SSSR count). The average Bonchev–Trinajstić information content (AvgIpc) is 3.19. The summed E-state index contributed by atoms with van der Waals surface area (Å²) in [6, 6.07) is -0.978. The third kappa shape index (κ3) is 41.7. The minimum absolute atomic E-state index is 0.0517. The fraction of sp³-hybridized carbons (Fsp3) is 0.936. The topological polar surface area (TPSA) is 151 Å². The van der Waals surface area contributed by atoms with Gasteiger partial charge in [0.05, 0.1) is 37.9 Å². The normalized spacial score (nSPS) is 14.6. The second-order valence-corrected chi connectivity index (χ2v) is 18.3. The number of phosphoric ester groups is 1. The summed E-state index contributed by atoms with van der Waals surface area (Å²) >= 11 is 0. The first-order valence-electron chi connectivity index (χ1n) is 24.4. The summed E-state index contributed by atoms with van der Waals surface area (Å²) in [6.45, 7) is 4.01. The van der Waals surface area contributed by atoms with Crippen molar-refractivity contribution in [2.75, 3.05) is 19.8 Å². The van der Waals surface area contributed by atoms with Gasteiger partial charge in [0.25, 0.3) is 0 Å². The molecule has 57 heavy (non-hydrogen) atoms. The van der Waals surface area contributed by atoms with Crippen LogP contribution in [0.1, 0.15) is 245 Å². The van der Waals surface area contributed by atoms with Gasteiger partial charge >= 0.3 is 7.82 Å². The van der Waals surface area contributed by atoms with Crippen LogP contribution in [-0.4, -0.2) is 59.0 Å². The number of carbonyl (C=O) groups excluding carboxylic acids is 1. The highest BCUT2D eigenvalue weighted by molar-refractivity contribution is 7.47. The fourth-order valence-corrected chi connectivity index (χ4v) is 8.23. The van der Waals surface area contributed by atoms with Crippen LogP contribution in [0.15, 0.2) is 12.2 Å². The van der Waals surface area contributed by atoms with Crippen LogP contribution < -0.4 is 11.1 Å². The molecular weight excluding hydrogens is 735 g/mol. The van der Waals surface area contributed by atoms with Crippen LogP contribution in [0.25, 0.3) is 0 Å². The molecule has 0 saturated carbocycles. The molecule has 4 unspecified atom stereocenters. The van der Waals surface area contributed by atoms with Crippen LogP contribution in [0.3, 0.4) is 0 Å². The van der Waals surface area contributed by atoms with Crippen molar-refractivity contribution in [1.29, 1.82) is 0 Å². The molecule has 0 radical (unpaired) electrons. The molecule has 340 valence electrons. The number of carbonyl (C=O) groups is 1. The van der Waals surface area contributed by atoms with Gasteiger partial charge in [-0.1, -0.05) is 231 Å². The lowest BCUT2D eigenvalue weighted by Crippen LogP contribution is -2.46. The molecule has 0 spiro atoms. The maximum absolute atomic E-state index is 12.8. The first kappa shape index (κ1) is 56.2. The van der Waals surface area contributed by atoms with E-state index in [1.165, 1.54) is 180 Å². The van der Waals surface area contributed by atoms with Crippen LogP contribution in [0.5, 0.6) is 0 Å². The second kappa shape index (κ2) is 43.3. The Morgan fingerprint density at radius 1 is 0.596 bits per heavy atom.